The molecule has 1 heterocycles. The lowest BCUT2D eigenvalue weighted by atomic mass is 9.66. The smallest absolute Gasteiger partial charge is 0.256 e. The zero-order valence-electron chi connectivity index (χ0n) is 12.7. The van der Waals surface area contributed by atoms with Crippen molar-refractivity contribution in [3.8, 4) is 11.3 Å². The third-order valence-electron chi connectivity index (χ3n) is 4.69. The Kier molecular flexibility index (Phi) is 3.48. The highest BCUT2D eigenvalue weighted by Crippen LogP contribution is 2.63. The summed E-state index contributed by atoms with van der Waals surface area (Å²) in [7, 11) is 0. The van der Waals surface area contributed by atoms with E-state index >= 15 is 0 Å². The average Bonchev–Trinajstić information content (AvgIpc) is 2.54. The molecule has 0 atom stereocenters. The van der Waals surface area contributed by atoms with Gasteiger partial charge in [-0.25, -0.2) is 0 Å². The van der Waals surface area contributed by atoms with Gasteiger partial charge in [-0.3, -0.25) is 4.98 Å². The van der Waals surface area contributed by atoms with Gasteiger partial charge in [-0.05, 0) is 23.1 Å². The van der Waals surface area contributed by atoms with E-state index < -0.39 is 28.9 Å². The van der Waals surface area contributed by atoms with Crippen LogP contribution in [0.25, 0.3) is 22.0 Å². The number of pyridine rings is 1. The van der Waals surface area contributed by atoms with Gasteiger partial charge in [0.1, 0.15) is 0 Å². The zero-order valence-corrected chi connectivity index (χ0v) is 14.3. The van der Waals surface area contributed by atoms with Crippen LogP contribution in [0.2, 0.25) is 0 Å². The highest BCUT2D eigenvalue weighted by Gasteiger charge is 2.74. The summed E-state index contributed by atoms with van der Waals surface area (Å²) in [6, 6.07) is 8.79. The monoisotopic (exact) mass is 431 g/mol. The molecule has 0 fully saturated rings. The van der Waals surface area contributed by atoms with E-state index in [1.807, 2.05) is 0 Å². The molecule has 0 N–H and O–H groups in total. The van der Waals surface area contributed by atoms with Gasteiger partial charge < -0.3 is 0 Å². The van der Waals surface area contributed by atoms with E-state index in [-0.39, 0.29) is 26.5 Å². The van der Waals surface area contributed by atoms with E-state index in [4.69, 9.17) is 0 Å². The molecular weight excluding hydrogens is 424 g/mol. The fourth-order valence-electron chi connectivity index (χ4n) is 3.73. The van der Waals surface area contributed by atoms with Crippen molar-refractivity contribution < 1.29 is 26.3 Å². The van der Waals surface area contributed by atoms with Crippen LogP contribution in [0.4, 0.5) is 26.3 Å². The first-order valence-corrected chi connectivity index (χ1v) is 8.21. The fourth-order valence-corrected chi connectivity index (χ4v) is 4.40. The normalized spacial score (nSPS) is 15.8. The molecule has 1 nitrogen and oxygen atoms in total. The number of aromatic nitrogens is 1. The number of benzene rings is 2. The quantitative estimate of drug-likeness (QED) is 0.376. The highest BCUT2D eigenvalue weighted by atomic mass is 79.9. The van der Waals surface area contributed by atoms with Crippen LogP contribution in [0.3, 0.4) is 0 Å². The summed E-state index contributed by atoms with van der Waals surface area (Å²) >= 11 is 2.91. The van der Waals surface area contributed by atoms with Crippen LogP contribution in [-0.2, 0) is 5.41 Å². The van der Waals surface area contributed by atoms with Crippen molar-refractivity contribution in [2.45, 2.75) is 17.8 Å². The Hall–Kier alpha value is -2.09. The Balaban J connectivity index is 2.36. The van der Waals surface area contributed by atoms with Gasteiger partial charge in [0.05, 0.1) is 5.69 Å². The Labute approximate surface area is 151 Å². The maximum atomic E-state index is 14.2. The minimum atomic E-state index is -5.61. The molecule has 0 unspecified atom stereocenters. The van der Waals surface area contributed by atoms with Gasteiger partial charge in [-0.2, -0.15) is 26.3 Å². The lowest BCUT2D eigenvalue weighted by Gasteiger charge is -2.42. The van der Waals surface area contributed by atoms with Crippen LogP contribution in [-0.4, -0.2) is 17.3 Å². The van der Waals surface area contributed by atoms with Crippen LogP contribution in [0.15, 0.2) is 53.1 Å². The van der Waals surface area contributed by atoms with Crippen molar-refractivity contribution >= 4 is 26.7 Å². The summed E-state index contributed by atoms with van der Waals surface area (Å²) in [5.74, 6) is 0. The van der Waals surface area contributed by atoms with Crippen molar-refractivity contribution in [3.05, 3.63) is 64.3 Å². The molecule has 26 heavy (non-hydrogen) atoms. The number of rotatable bonds is 0. The molecule has 1 aromatic heterocycles. The molecule has 2 aromatic carbocycles. The highest BCUT2D eigenvalue weighted by molar-refractivity contribution is 9.10. The Morgan fingerprint density at radius 3 is 2.15 bits per heavy atom. The van der Waals surface area contributed by atoms with Gasteiger partial charge in [0.2, 0.25) is 5.41 Å². The number of fused-ring (bicyclic) bond motifs is 2. The van der Waals surface area contributed by atoms with Crippen molar-refractivity contribution in [3.63, 3.8) is 0 Å². The van der Waals surface area contributed by atoms with Crippen LogP contribution >= 0.6 is 15.9 Å². The first kappa shape index (κ1) is 17.3. The maximum absolute atomic E-state index is 14.2. The van der Waals surface area contributed by atoms with E-state index in [9.17, 15) is 26.3 Å². The van der Waals surface area contributed by atoms with Gasteiger partial charge in [0.15, 0.2) is 0 Å². The molecule has 0 bridgehead atoms. The summed E-state index contributed by atoms with van der Waals surface area (Å²) in [6.07, 6.45) is -9.84. The lowest BCUT2D eigenvalue weighted by Crippen LogP contribution is -2.56. The molecule has 8 heteroatoms. The molecule has 1 aliphatic rings. The summed E-state index contributed by atoms with van der Waals surface area (Å²) < 4.78 is 85.0. The van der Waals surface area contributed by atoms with Gasteiger partial charge in [0.25, 0.3) is 0 Å². The topological polar surface area (TPSA) is 12.9 Å². The molecule has 0 amide bonds. The molecule has 3 aromatic rings. The molecule has 0 aliphatic heterocycles. The van der Waals surface area contributed by atoms with Crippen LogP contribution < -0.4 is 0 Å². The summed E-state index contributed by atoms with van der Waals surface area (Å²) in [5, 5.41) is 0.145. The number of hydrogen-bond acceptors (Lipinski definition) is 1. The van der Waals surface area contributed by atoms with Crippen LogP contribution in [0.1, 0.15) is 11.1 Å². The van der Waals surface area contributed by atoms with Gasteiger partial charge in [-0.1, -0.05) is 46.3 Å². The van der Waals surface area contributed by atoms with E-state index in [0.717, 1.165) is 6.07 Å². The van der Waals surface area contributed by atoms with Crippen LogP contribution in [0.5, 0.6) is 0 Å². The number of hydrogen-bond donors (Lipinski definition) is 0. The minimum Gasteiger partial charge on any atom is -0.256 e. The second-order valence-electron chi connectivity index (χ2n) is 5.97. The van der Waals surface area contributed by atoms with E-state index in [1.54, 1.807) is 0 Å². The molecule has 0 radical (unpaired) electrons. The van der Waals surface area contributed by atoms with Gasteiger partial charge >= 0.3 is 12.4 Å². The van der Waals surface area contributed by atoms with Gasteiger partial charge in [0, 0.05) is 27.2 Å². The predicted molar refractivity (Wildman–Crippen MR) is 87.8 cm³/mol. The third kappa shape index (κ3) is 1.96. The standard InChI is InChI=1S/C18H8BrF6N/c19-12-6-2-4-10-14(12)16(17(20,21)22,18(23,24)25)11-5-1-3-9-7-8-26-15(10)13(9)11/h1-8H. The van der Waals surface area contributed by atoms with Crippen molar-refractivity contribution in [2.24, 2.45) is 0 Å². The molecule has 1 aliphatic carbocycles. The summed E-state index contributed by atoms with van der Waals surface area (Å²) in [5.41, 5.74) is -5.95. The van der Waals surface area contributed by atoms with Crippen LogP contribution in [0, 0.1) is 0 Å². The molecular formula is C18H8BrF6N. The van der Waals surface area contributed by atoms with Crippen molar-refractivity contribution in [1.29, 1.82) is 0 Å². The van der Waals surface area contributed by atoms with Crippen molar-refractivity contribution in [2.75, 3.05) is 0 Å². The Morgan fingerprint density at radius 2 is 1.50 bits per heavy atom. The maximum Gasteiger partial charge on any atom is 0.411 e. The number of alkyl halides is 6. The summed E-state index contributed by atoms with van der Waals surface area (Å²) in [6.45, 7) is 0. The lowest BCUT2D eigenvalue weighted by molar-refractivity contribution is -0.288. The fraction of sp³-hybridized carbons (Fsp3) is 0.167. The van der Waals surface area contributed by atoms with Crippen molar-refractivity contribution in [1.82, 2.24) is 4.98 Å². The van der Waals surface area contributed by atoms with E-state index in [2.05, 4.69) is 20.9 Å². The third-order valence-corrected chi connectivity index (χ3v) is 5.35. The van der Waals surface area contributed by atoms with E-state index in [1.165, 1.54) is 42.6 Å². The number of halogens is 7. The van der Waals surface area contributed by atoms with Gasteiger partial charge in [-0.15, -0.1) is 0 Å². The largest absolute Gasteiger partial charge is 0.411 e. The molecule has 4 rings (SSSR count). The second kappa shape index (κ2) is 5.22. The molecule has 0 saturated carbocycles. The molecule has 0 spiro atoms. The van der Waals surface area contributed by atoms with E-state index in [0.29, 0.717) is 0 Å². The number of nitrogens with zero attached hydrogens (tertiary/aromatic N) is 1. The second-order valence-corrected chi connectivity index (χ2v) is 6.83. The molecule has 134 valence electrons. The Morgan fingerprint density at radius 1 is 0.846 bits per heavy atom. The first-order valence-electron chi connectivity index (χ1n) is 7.41. The Bertz CT molecular complexity index is 1020. The average molecular weight is 432 g/mol. The zero-order chi connectivity index (χ0) is 18.9. The summed E-state index contributed by atoms with van der Waals surface area (Å²) in [4.78, 5) is 4.09. The molecule has 0 saturated heterocycles. The predicted octanol–water partition coefficient (Wildman–Crippen LogP) is 6.39. The minimum absolute atomic E-state index is 0.110. The SMILES string of the molecule is FC(F)(F)C1(C(F)(F)F)c2c(Br)cccc2-c2nccc3cccc1c23. The first-order chi connectivity index (χ1) is 12.1.